The minimum absolute atomic E-state index is 0.119. The van der Waals surface area contributed by atoms with Crippen molar-refractivity contribution in [1.82, 2.24) is 5.32 Å². The highest BCUT2D eigenvalue weighted by Crippen LogP contribution is 2.25. The number of carbonyl (C=O) groups is 3. The summed E-state index contributed by atoms with van der Waals surface area (Å²) in [6.45, 7) is 0.380. The Morgan fingerprint density at radius 3 is 2.07 bits per heavy atom. The molecule has 9 heteroatoms. The first kappa shape index (κ1) is 22.2. The van der Waals surface area contributed by atoms with E-state index in [9.17, 15) is 14.4 Å². The minimum atomic E-state index is -0.635. The van der Waals surface area contributed by atoms with Crippen LogP contribution in [0.15, 0.2) is 40.9 Å². The quantitative estimate of drug-likeness (QED) is 0.608. The highest BCUT2D eigenvalue weighted by Gasteiger charge is 2.15. The number of anilines is 1. The Morgan fingerprint density at radius 2 is 1.55 bits per heavy atom. The van der Waals surface area contributed by atoms with Crippen molar-refractivity contribution < 1.29 is 28.6 Å². The number of urea groups is 1. The van der Waals surface area contributed by atoms with Gasteiger partial charge in [0, 0.05) is 12.2 Å². The molecule has 154 valence electrons. The molecule has 0 radical (unpaired) electrons. The second-order valence-electron chi connectivity index (χ2n) is 5.88. The van der Waals surface area contributed by atoms with Crippen LogP contribution in [0, 0.1) is 0 Å². The third-order valence-electron chi connectivity index (χ3n) is 3.95. The van der Waals surface area contributed by atoms with Crippen LogP contribution in [0.5, 0.6) is 5.75 Å². The molecule has 2 aromatic rings. The van der Waals surface area contributed by atoms with Gasteiger partial charge in [-0.05, 0) is 58.2 Å². The molecule has 0 atom stereocenters. The number of methoxy groups -OCH3 is 3. The lowest BCUT2D eigenvalue weighted by atomic mass is 10.1. The number of nitrogens with one attached hydrogen (secondary N) is 2. The van der Waals surface area contributed by atoms with E-state index in [2.05, 4.69) is 36.0 Å². The first-order valence-corrected chi connectivity index (χ1v) is 9.36. The third kappa shape index (κ3) is 6.21. The van der Waals surface area contributed by atoms with Gasteiger partial charge in [-0.1, -0.05) is 6.07 Å². The Kier molecular flexibility index (Phi) is 8.02. The summed E-state index contributed by atoms with van der Waals surface area (Å²) < 4.78 is 15.4. The fourth-order valence-corrected chi connectivity index (χ4v) is 3.12. The van der Waals surface area contributed by atoms with Gasteiger partial charge < -0.3 is 24.8 Å². The summed E-state index contributed by atoms with van der Waals surface area (Å²) in [7, 11) is 4.04. The SMILES string of the molecule is COC(=O)c1cc(NC(=O)NCCc2ccc(OC)c(Br)c2)cc(C(=O)OC)c1. The fraction of sp³-hybridized carbons (Fsp3) is 0.250. The van der Waals surface area contributed by atoms with Gasteiger partial charge in [0.05, 0.1) is 36.9 Å². The Morgan fingerprint density at radius 1 is 0.931 bits per heavy atom. The number of carbonyl (C=O) groups excluding carboxylic acids is 3. The van der Waals surface area contributed by atoms with Crippen LogP contribution in [0.25, 0.3) is 0 Å². The molecule has 0 spiro atoms. The molecule has 0 unspecified atom stereocenters. The molecule has 0 fully saturated rings. The van der Waals surface area contributed by atoms with Crippen LogP contribution in [0.1, 0.15) is 26.3 Å². The van der Waals surface area contributed by atoms with Gasteiger partial charge in [-0.15, -0.1) is 0 Å². The van der Waals surface area contributed by atoms with E-state index in [0.717, 1.165) is 15.8 Å². The molecule has 0 aromatic heterocycles. The molecule has 0 saturated heterocycles. The standard InChI is InChI=1S/C20H21BrN2O6/c1-27-17-5-4-12(8-16(17)21)6-7-22-20(26)23-15-10-13(18(24)28-2)9-14(11-15)19(25)29-3/h4-5,8-11H,6-7H2,1-3H3,(H2,22,23,26). The number of rotatable bonds is 7. The molecule has 0 aliphatic rings. The molecule has 0 bridgehead atoms. The number of hydrogen-bond acceptors (Lipinski definition) is 6. The Bertz CT molecular complexity index is 882. The maximum atomic E-state index is 12.2. The maximum absolute atomic E-state index is 12.2. The molecule has 0 saturated carbocycles. The summed E-state index contributed by atoms with van der Waals surface area (Å²) in [5, 5.41) is 5.33. The van der Waals surface area contributed by atoms with Crippen molar-refractivity contribution in [1.29, 1.82) is 0 Å². The Hall–Kier alpha value is -3.07. The zero-order chi connectivity index (χ0) is 21.4. The van der Waals surface area contributed by atoms with Gasteiger partial charge >= 0.3 is 18.0 Å². The lowest BCUT2D eigenvalue weighted by Gasteiger charge is -2.11. The van der Waals surface area contributed by atoms with E-state index < -0.39 is 18.0 Å². The fourth-order valence-electron chi connectivity index (χ4n) is 2.53. The highest BCUT2D eigenvalue weighted by atomic mass is 79.9. The van der Waals surface area contributed by atoms with Gasteiger partial charge in [-0.2, -0.15) is 0 Å². The van der Waals surface area contributed by atoms with Gasteiger partial charge in [0.2, 0.25) is 0 Å². The Balaban J connectivity index is 2.01. The maximum Gasteiger partial charge on any atom is 0.337 e. The van der Waals surface area contributed by atoms with Gasteiger partial charge in [0.15, 0.2) is 0 Å². The zero-order valence-corrected chi connectivity index (χ0v) is 17.8. The second-order valence-corrected chi connectivity index (χ2v) is 6.74. The van der Waals surface area contributed by atoms with Crippen LogP contribution in [-0.4, -0.2) is 45.8 Å². The summed E-state index contributed by atoms with van der Waals surface area (Å²) in [5.74, 6) is -0.542. The van der Waals surface area contributed by atoms with E-state index in [1.165, 1.54) is 32.4 Å². The van der Waals surface area contributed by atoms with Crippen molar-refractivity contribution >= 4 is 39.6 Å². The van der Waals surface area contributed by atoms with E-state index >= 15 is 0 Å². The summed E-state index contributed by atoms with van der Waals surface area (Å²) in [6.07, 6.45) is 0.603. The molecule has 2 rings (SSSR count). The molecule has 2 amide bonds. The Labute approximate surface area is 176 Å². The number of ether oxygens (including phenoxy) is 3. The first-order valence-electron chi connectivity index (χ1n) is 8.57. The van der Waals surface area contributed by atoms with Crippen LogP contribution >= 0.6 is 15.9 Å². The number of hydrogen-bond donors (Lipinski definition) is 2. The molecular formula is C20H21BrN2O6. The molecule has 8 nitrogen and oxygen atoms in total. The van der Waals surface area contributed by atoms with Gasteiger partial charge in [0.25, 0.3) is 0 Å². The van der Waals surface area contributed by atoms with E-state index in [1.807, 2.05) is 18.2 Å². The minimum Gasteiger partial charge on any atom is -0.496 e. The van der Waals surface area contributed by atoms with Crippen molar-refractivity contribution in [3.8, 4) is 5.75 Å². The highest BCUT2D eigenvalue weighted by molar-refractivity contribution is 9.10. The first-order chi connectivity index (χ1) is 13.9. The molecule has 2 N–H and O–H groups in total. The van der Waals surface area contributed by atoms with Crippen molar-refractivity contribution in [2.45, 2.75) is 6.42 Å². The van der Waals surface area contributed by atoms with Crippen molar-refractivity contribution in [2.75, 3.05) is 33.2 Å². The van der Waals surface area contributed by atoms with Crippen LogP contribution in [0.2, 0.25) is 0 Å². The summed E-state index contributed by atoms with van der Waals surface area (Å²) in [6, 6.07) is 9.35. The normalized spacial score (nSPS) is 10.1. The largest absolute Gasteiger partial charge is 0.496 e. The third-order valence-corrected chi connectivity index (χ3v) is 4.57. The van der Waals surface area contributed by atoms with E-state index in [-0.39, 0.29) is 16.8 Å². The molecular weight excluding hydrogens is 444 g/mol. The lowest BCUT2D eigenvalue weighted by molar-refractivity contribution is 0.0599. The molecule has 0 aliphatic heterocycles. The van der Waals surface area contributed by atoms with E-state index in [4.69, 9.17) is 4.74 Å². The monoisotopic (exact) mass is 464 g/mol. The molecule has 29 heavy (non-hydrogen) atoms. The number of esters is 2. The van der Waals surface area contributed by atoms with Gasteiger partial charge in [0.1, 0.15) is 5.75 Å². The lowest BCUT2D eigenvalue weighted by Crippen LogP contribution is -2.30. The zero-order valence-electron chi connectivity index (χ0n) is 16.2. The second kappa shape index (κ2) is 10.5. The predicted molar refractivity (Wildman–Crippen MR) is 111 cm³/mol. The molecule has 0 heterocycles. The summed E-state index contributed by atoms with van der Waals surface area (Å²) in [5.41, 5.74) is 1.51. The average Bonchev–Trinajstić information content (AvgIpc) is 2.72. The number of halogens is 1. The van der Waals surface area contributed by atoms with Crippen molar-refractivity contribution in [3.05, 3.63) is 57.6 Å². The average molecular weight is 465 g/mol. The van der Waals surface area contributed by atoms with Crippen molar-refractivity contribution in [3.63, 3.8) is 0 Å². The van der Waals surface area contributed by atoms with Crippen LogP contribution in [0.4, 0.5) is 10.5 Å². The number of amides is 2. The van der Waals surface area contributed by atoms with Crippen LogP contribution in [0.3, 0.4) is 0 Å². The molecule has 0 aliphatic carbocycles. The topological polar surface area (TPSA) is 103 Å². The summed E-state index contributed by atoms with van der Waals surface area (Å²) >= 11 is 3.42. The predicted octanol–water partition coefficient (Wildman–Crippen LogP) is 3.40. The number of benzene rings is 2. The van der Waals surface area contributed by atoms with Gasteiger partial charge in [-0.25, -0.2) is 14.4 Å². The van der Waals surface area contributed by atoms with Crippen LogP contribution in [-0.2, 0) is 15.9 Å². The summed E-state index contributed by atoms with van der Waals surface area (Å²) in [4.78, 5) is 35.8. The van der Waals surface area contributed by atoms with Crippen molar-refractivity contribution in [2.24, 2.45) is 0 Å². The smallest absolute Gasteiger partial charge is 0.337 e. The molecule has 2 aromatic carbocycles. The van der Waals surface area contributed by atoms with Crippen LogP contribution < -0.4 is 15.4 Å². The van der Waals surface area contributed by atoms with E-state index in [0.29, 0.717) is 13.0 Å². The van der Waals surface area contributed by atoms with Gasteiger partial charge in [-0.3, -0.25) is 0 Å². The van der Waals surface area contributed by atoms with E-state index in [1.54, 1.807) is 7.11 Å².